The zero-order valence-electron chi connectivity index (χ0n) is 9.39. The third kappa shape index (κ3) is 2.23. The van der Waals surface area contributed by atoms with Gasteiger partial charge in [0.2, 0.25) is 5.12 Å². The normalized spacial score (nSPS) is 36.2. The van der Waals surface area contributed by atoms with Gasteiger partial charge >= 0.3 is 5.97 Å². The molecule has 2 fully saturated rings. The number of hydrogen-bond acceptors (Lipinski definition) is 6. The monoisotopic (exact) mass is 246 g/mol. The van der Waals surface area contributed by atoms with Crippen LogP contribution >= 0.6 is 11.8 Å². The highest BCUT2D eigenvalue weighted by molar-refractivity contribution is 8.14. The zero-order chi connectivity index (χ0) is 11.9. The first-order valence-corrected chi connectivity index (χ1v) is 5.96. The van der Waals surface area contributed by atoms with Crippen molar-refractivity contribution in [1.29, 1.82) is 0 Å². The highest BCUT2D eigenvalue weighted by atomic mass is 32.2. The molecule has 0 radical (unpaired) electrons. The quantitative estimate of drug-likeness (QED) is 0.669. The van der Waals surface area contributed by atoms with Crippen LogP contribution in [0.3, 0.4) is 0 Å². The summed E-state index contributed by atoms with van der Waals surface area (Å²) in [7, 11) is 0. The van der Waals surface area contributed by atoms with Crippen LogP contribution in [0, 0.1) is 0 Å². The fourth-order valence-corrected chi connectivity index (χ4v) is 2.94. The van der Waals surface area contributed by atoms with E-state index in [9.17, 15) is 9.59 Å². The van der Waals surface area contributed by atoms with Gasteiger partial charge in [0.25, 0.3) is 0 Å². The fraction of sp³-hybridized carbons (Fsp3) is 0.800. The van der Waals surface area contributed by atoms with Crippen LogP contribution in [0.25, 0.3) is 0 Å². The highest BCUT2D eigenvalue weighted by Crippen LogP contribution is 2.42. The van der Waals surface area contributed by atoms with Crippen molar-refractivity contribution in [2.45, 2.75) is 44.0 Å². The predicted molar refractivity (Wildman–Crippen MR) is 56.8 cm³/mol. The van der Waals surface area contributed by atoms with Crippen molar-refractivity contribution < 1.29 is 23.8 Å². The average Bonchev–Trinajstić information content (AvgIpc) is 2.59. The predicted octanol–water partition coefficient (Wildman–Crippen LogP) is 0.712. The maximum atomic E-state index is 11.6. The maximum absolute atomic E-state index is 11.6. The zero-order valence-corrected chi connectivity index (χ0v) is 10.2. The summed E-state index contributed by atoms with van der Waals surface area (Å²) in [5.74, 6) is -1.09. The van der Waals surface area contributed by atoms with Gasteiger partial charge in [-0.3, -0.25) is 9.59 Å². The van der Waals surface area contributed by atoms with Gasteiger partial charge in [0, 0.05) is 6.92 Å². The van der Waals surface area contributed by atoms with E-state index < -0.39 is 11.9 Å². The molecule has 0 amide bonds. The van der Waals surface area contributed by atoms with Gasteiger partial charge in [-0.1, -0.05) is 11.8 Å². The summed E-state index contributed by atoms with van der Waals surface area (Å²) in [5.41, 5.74) is 0. The number of thioether (sulfide) groups is 1. The molecule has 6 heteroatoms. The lowest BCUT2D eigenvalue weighted by molar-refractivity contribution is -0.154. The number of ether oxygens (including phenoxy) is 3. The number of carbonyl (C=O) groups excluding carboxylic acids is 2. The molecule has 0 N–H and O–H groups in total. The molecule has 0 saturated carbocycles. The lowest BCUT2D eigenvalue weighted by atomic mass is 10.2. The number of rotatable bonds is 2. The van der Waals surface area contributed by atoms with Crippen molar-refractivity contribution in [3.63, 3.8) is 0 Å². The van der Waals surface area contributed by atoms with Crippen LogP contribution in [0.4, 0.5) is 0 Å². The van der Waals surface area contributed by atoms with E-state index in [1.807, 2.05) is 0 Å². The molecule has 2 aliphatic heterocycles. The first-order chi connectivity index (χ1) is 7.39. The molecular weight excluding hydrogens is 232 g/mol. The van der Waals surface area contributed by atoms with Crippen LogP contribution in [0.15, 0.2) is 0 Å². The van der Waals surface area contributed by atoms with Crippen molar-refractivity contribution in [3.05, 3.63) is 0 Å². The van der Waals surface area contributed by atoms with Crippen molar-refractivity contribution >= 4 is 22.8 Å². The third-order valence-electron chi connectivity index (χ3n) is 2.45. The van der Waals surface area contributed by atoms with E-state index in [0.717, 1.165) is 11.8 Å². The summed E-state index contributed by atoms with van der Waals surface area (Å²) in [4.78, 5) is 22.3. The molecule has 2 saturated heterocycles. The third-order valence-corrected chi connectivity index (χ3v) is 3.62. The molecule has 2 rings (SSSR count). The molecular formula is C10H14O5S. The van der Waals surface area contributed by atoms with Crippen molar-refractivity contribution in [3.8, 4) is 0 Å². The van der Waals surface area contributed by atoms with Crippen LogP contribution < -0.4 is 0 Å². The Hall–Kier alpha value is -0.590. The van der Waals surface area contributed by atoms with Gasteiger partial charge in [-0.05, 0) is 13.8 Å². The van der Waals surface area contributed by atoms with Gasteiger partial charge in [0.05, 0.1) is 5.25 Å². The van der Waals surface area contributed by atoms with Gasteiger partial charge in [0.1, 0.15) is 12.7 Å². The second kappa shape index (κ2) is 4.01. The Morgan fingerprint density at radius 3 is 2.81 bits per heavy atom. The molecule has 0 aromatic rings. The summed E-state index contributed by atoms with van der Waals surface area (Å²) in [6.07, 6.45) is -0.840. The van der Waals surface area contributed by atoms with Gasteiger partial charge in [-0.15, -0.1) is 0 Å². The van der Waals surface area contributed by atoms with Gasteiger partial charge in [0.15, 0.2) is 11.9 Å². The van der Waals surface area contributed by atoms with E-state index in [1.165, 1.54) is 6.92 Å². The molecule has 2 heterocycles. The Balaban J connectivity index is 2.02. The molecule has 0 aromatic heterocycles. The minimum Gasteiger partial charge on any atom is -0.465 e. The van der Waals surface area contributed by atoms with Gasteiger partial charge in [-0.2, -0.15) is 0 Å². The Labute approximate surface area is 97.8 Å². The number of carbonyl (C=O) groups is 2. The largest absolute Gasteiger partial charge is 0.465 e. The second-order valence-electron chi connectivity index (χ2n) is 4.30. The van der Waals surface area contributed by atoms with Crippen LogP contribution in [0.1, 0.15) is 20.8 Å². The van der Waals surface area contributed by atoms with E-state index in [4.69, 9.17) is 14.2 Å². The van der Waals surface area contributed by atoms with E-state index in [-0.39, 0.29) is 29.0 Å². The molecule has 16 heavy (non-hydrogen) atoms. The van der Waals surface area contributed by atoms with E-state index in [1.54, 1.807) is 13.8 Å². The van der Waals surface area contributed by atoms with Crippen LogP contribution in [-0.4, -0.2) is 40.9 Å². The molecule has 90 valence electrons. The minimum atomic E-state index is -0.736. The Morgan fingerprint density at radius 1 is 1.50 bits per heavy atom. The number of hydrogen-bond donors (Lipinski definition) is 0. The average molecular weight is 246 g/mol. The summed E-state index contributed by atoms with van der Waals surface area (Å²) >= 11 is 1.13. The highest BCUT2D eigenvalue weighted by Gasteiger charge is 2.54. The lowest BCUT2D eigenvalue weighted by Crippen LogP contribution is -2.31. The summed E-state index contributed by atoms with van der Waals surface area (Å²) < 4.78 is 16.0. The maximum Gasteiger partial charge on any atom is 0.302 e. The molecule has 0 spiro atoms. The first kappa shape index (κ1) is 11.9. The number of esters is 1. The SMILES string of the molecule is CC(=O)OC[C@H]1SC(=O)[C@@H]2OC(C)(C)O[C@H]12. The minimum absolute atomic E-state index is 0.0484. The van der Waals surface area contributed by atoms with E-state index >= 15 is 0 Å². The molecule has 2 aliphatic rings. The topological polar surface area (TPSA) is 61.8 Å². The summed E-state index contributed by atoms with van der Waals surface area (Å²) in [6.45, 7) is 5.07. The standard InChI is InChI=1S/C10H14O5S/c1-5(11)13-4-6-7-8(9(12)16-6)15-10(2,3)14-7/h6-8H,4H2,1-3H3/t6-,7-,8-/m1/s1. The lowest BCUT2D eigenvalue weighted by Gasteiger charge is -2.20. The molecule has 0 bridgehead atoms. The van der Waals surface area contributed by atoms with Crippen LogP contribution in [0.5, 0.6) is 0 Å². The van der Waals surface area contributed by atoms with E-state index in [0.29, 0.717) is 0 Å². The van der Waals surface area contributed by atoms with Crippen molar-refractivity contribution in [2.24, 2.45) is 0 Å². The number of fused-ring (bicyclic) bond motifs is 1. The first-order valence-electron chi connectivity index (χ1n) is 5.08. The van der Waals surface area contributed by atoms with Crippen LogP contribution in [-0.2, 0) is 23.8 Å². The van der Waals surface area contributed by atoms with Crippen molar-refractivity contribution in [1.82, 2.24) is 0 Å². The van der Waals surface area contributed by atoms with E-state index in [2.05, 4.69) is 0 Å². The Kier molecular flexibility index (Phi) is 2.98. The summed E-state index contributed by atoms with van der Waals surface area (Å²) in [6, 6.07) is 0. The molecule has 0 unspecified atom stereocenters. The van der Waals surface area contributed by atoms with Gasteiger partial charge in [-0.25, -0.2) is 0 Å². The molecule has 5 nitrogen and oxygen atoms in total. The molecule has 0 aromatic carbocycles. The second-order valence-corrected chi connectivity index (χ2v) is 5.54. The summed E-state index contributed by atoms with van der Waals surface area (Å²) in [5, 5.41) is -0.212. The fourth-order valence-electron chi connectivity index (χ4n) is 1.85. The Morgan fingerprint density at radius 2 is 2.19 bits per heavy atom. The molecule has 3 atom stereocenters. The Bertz CT molecular complexity index is 327. The smallest absolute Gasteiger partial charge is 0.302 e. The van der Waals surface area contributed by atoms with Gasteiger partial charge < -0.3 is 14.2 Å². The van der Waals surface area contributed by atoms with Crippen LogP contribution in [0.2, 0.25) is 0 Å². The molecule has 0 aliphatic carbocycles. The van der Waals surface area contributed by atoms with Crippen molar-refractivity contribution in [2.75, 3.05) is 6.61 Å².